The maximum Gasteiger partial charge on any atom is 0.337 e. The average Bonchev–Trinajstić information content (AvgIpc) is 2.81. The number of aromatic nitrogens is 1. The molecule has 3 N–H and O–H groups in total. The Bertz CT molecular complexity index is 747. The van der Waals surface area contributed by atoms with Crippen molar-refractivity contribution in [2.45, 2.75) is 0 Å². The Morgan fingerprint density at radius 2 is 2.00 bits per heavy atom. The predicted molar refractivity (Wildman–Crippen MR) is 76.4 cm³/mol. The zero-order valence-electron chi connectivity index (χ0n) is 9.83. The van der Waals surface area contributed by atoms with E-state index in [0.29, 0.717) is 0 Å². The number of thiazole rings is 1. The Morgan fingerprint density at radius 3 is 2.68 bits per heavy atom. The molecule has 0 spiro atoms. The highest BCUT2D eigenvalue weighted by atomic mass is 32.1. The van der Waals surface area contributed by atoms with E-state index < -0.39 is 5.97 Å². The summed E-state index contributed by atoms with van der Waals surface area (Å²) in [6.07, 6.45) is 0. The molecule has 0 fully saturated rings. The zero-order chi connectivity index (χ0) is 13.4. The molecule has 4 nitrogen and oxygen atoms in total. The molecule has 19 heavy (non-hydrogen) atoms. The highest BCUT2D eigenvalue weighted by molar-refractivity contribution is 7.21. The van der Waals surface area contributed by atoms with Gasteiger partial charge in [0.25, 0.3) is 0 Å². The summed E-state index contributed by atoms with van der Waals surface area (Å²) in [5.74, 6) is -1.02. The molecule has 0 aliphatic rings. The molecule has 3 rings (SSSR count). The fourth-order valence-corrected chi connectivity index (χ4v) is 2.85. The maximum atomic E-state index is 10.9. The minimum Gasteiger partial charge on any atom is -0.478 e. The predicted octanol–water partition coefficient (Wildman–Crippen LogP) is 3.24. The topological polar surface area (TPSA) is 76.2 Å². The van der Waals surface area contributed by atoms with Crippen LogP contribution in [0.4, 0.5) is 5.69 Å². The zero-order valence-corrected chi connectivity index (χ0v) is 10.6. The number of anilines is 1. The monoisotopic (exact) mass is 270 g/mol. The lowest BCUT2D eigenvalue weighted by atomic mass is 10.1. The molecule has 1 heterocycles. The number of benzene rings is 2. The number of carboxylic acids is 1. The van der Waals surface area contributed by atoms with Gasteiger partial charge in [-0.2, -0.15) is 0 Å². The standard InChI is InChI=1S/C14H10N2O2S/c15-10-7-8(5-6-9(10)14(17)18)13-16-11-3-1-2-4-12(11)19-13/h1-7H,15H2,(H,17,18). The molecule has 1 aromatic heterocycles. The first kappa shape index (κ1) is 11.7. The van der Waals surface area contributed by atoms with Crippen molar-refractivity contribution >= 4 is 33.2 Å². The molecule has 2 aromatic carbocycles. The minimum atomic E-state index is -1.02. The van der Waals surface area contributed by atoms with E-state index in [2.05, 4.69) is 4.98 Å². The molecule has 0 aliphatic heterocycles. The molecule has 0 aliphatic carbocycles. The van der Waals surface area contributed by atoms with Crippen LogP contribution in [0, 0.1) is 0 Å². The first-order chi connectivity index (χ1) is 9.15. The van der Waals surface area contributed by atoms with Crippen LogP contribution in [0.3, 0.4) is 0 Å². The summed E-state index contributed by atoms with van der Waals surface area (Å²) in [4.78, 5) is 15.4. The van der Waals surface area contributed by atoms with Crippen molar-refractivity contribution in [2.24, 2.45) is 0 Å². The summed E-state index contributed by atoms with van der Waals surface area (Å²) in [6, 6.07) is 12.8. The first-order valence-corrected chi connectivity index (χ1v) is 6.45. The fraction of sp³-hybridized carbons (Fsp3) is 0. The number of nitrogens with two attached hydrogens (primary N) is 1. The SMILES string of the molecule is Nc1cc(-c2nc3ccccc3s2)ccc1C(=O)O. The number of hydrogen-bond donors (Lipinski definition) is 2. The van der Waals surface area contributed by atoms with Crippen molar-refractivity contribution in [2.75, 3.05) is 5.73 Å². The second-order valence-electron chi connectivity index (χ2n) is 4.09. The Hall–Kier alpha value is -2.40. The van der Waals surface area contributed by atoms with Crippen LogP contribution in [0.1, 0.15) is 10.4 Å². The molecule has 0 saturated heterocycles. The van der Waals surface area contributed by atoms with Gasteiger partial charge in [0, 0.05) is 11.3 Å². The molecule has 94 valence electrons. The van der Waals surface area contributed by atoms with E-state index in [0.717, 1.165) is 20.8 Å². The van der Waals surface area contributed by atoms with E-state index in [1.54, 1.807) is 23.5 Å². The summed E-state index contributed by atoms with van der Waals surface area (Å²) in [6.45, 7) is 0. The number of rotatable bonds is 2. The van der Waals surface area contributed by atoms with Crippen LogP contribution in [0.25, 0.3) is 20.8 Å². The van der Waals surface area contributed by atoms with Crippen molar-refractivity contribution in [3.8, 4) is 10.6 Å². The average molecular weight is 270 g/mol. The van der Waals surface area contributed by atoms with Crippen LogP contribution in [-0.4, -0.2) is 16.1 Å². The van der Waals surface area contributed by atoms with E-state index in [4.69, 9.17) is 10.8 Å². The van der Waals surface area contributed by atoms with Crippen LogP contribution in [0.15, 0.2) is 42.5 Å². The summed E-state index contributed by atoms with van der Waals surface area (Å²) >= 11 is 1.56. The van der Waals surface area contributed by atoms with Crippen molar-refractivity contribution in [3.63, 3.8) is 0 Å². The van der Waals surface area contributed by atoms with Crippen LogP contribution in [0.2, 0.25) is 0 Å². The number of aromatic carboxylic acids is 1. The maximum absolute atomic E-state index is 10.9. The number of nitrogen functional groups attached to an aromatic ring is 1. The van der Waals surface area contributed by atoms with Crippen molar-refractivity contribution in [1.29, 1.82) is 0 Å². The lowest BCUT2D eigenvalue weighted by Crippen LogP contribution is -2.01. The van der Waals surface area contributed by atoms with E-state index in [1.807, 2.05) is 24.3 Å². The number of hydrogen-bond acceptors (Lipinski definition) is 4. The van der Waals surface area contributed by atoms with Crippen LogP contribution in [-0.2, 0) is 0 Å². The molecule has 0 unspecified atom stereocenters. The van der Waals surface area contributed by atoms with Crippen molar-refractivity contribution in [3.05, 3.63) is 48.0 Å². The summed E-state index contributed by atoms with van der Waals surface area (Å²) < 4.78 is 1.10. The Morgan fingerprint density at radius 1 is 1.21 bits per heavy atom. The van der Waals surface area contributed by atoms with Gasteiger partial charge < -0.3 is 10.8 Å². The third-order valence-electron chi connectivity index (χ3n) is 2.82. The molecule has 5 heteroatoms. The lowest BCUT2D eigenvalue weighted by molar-refractivity contribution is 0.0698. The van der Waals surface area contributed by atoms with Crippen molar-refractivity contribution < 1.29 is 9.90 Å². The van der Waals surface area contributed by atoms with Gasteiger partial charge in [0.2, 0.25) is 0 Å². The Balaban J connectivity index is 2.11. The molecule has 0 amide bonds. The van der Waals surface area contributed by atoms with Gasteiger partial charge in [0.15, 0.2) is 0 Å². The molecular weight excluding hydrogens is 260 g/mol. The van der Waals surface area contributed by atoms with E-state index in [-0.39, 0.29) is 11.3 Å². The lowest BCUT2D eigenvalue weighted by Gasteiger charge is -2.02. The van der Waals surface area contributed by atoms with Crippen LogP contribution >= 0.6 is 11.3 Å². The van der Waals surface area contributed by atoms with Gasteiger partial charge in [-0.05, 0) is 24.3 Å². The van der Waals surface area contributed by atoms with Crippen molar-refractivity contribution in [1.82, 2.24) is 4.98 Å². The molecule has 0 bridgehead atoms. The van der Waals surface area contributed by atoms with E-state index >= 15 is 0 Å². The molecular formula is C14H10N2O2S. The van der Waals surface area contributed by atoms with Gasteiger partial charge in [0.1, 0.15) is 5.01 Å². The number of carboxylic acid groups (broad SMARTS) is 1. The summed E-state index contributed by atoms with van der Waals surface area (Å²) in [5, 5.41) is 9.79. The van der Waals surface area contributed by atoms with Gasteiger partial charge in [0.05, 0.1) is 15.8 Å². The fourth-order valence-electron chi connectivity index (χ4n) is 1.89. The number of para-hydroxylation sites is 1. The molecule has 3 aromatic rings. The number of fused-ring (bicyclic) bond motifs is 1. The second kappa shape index (κ2) is 4.37. The van der Waals surface area contributed by atoms with Gasteiger partial charge in [-0.3, -0.25) is 0 Å². The van der Waals surface area contributed by atoms with E-state index in [9.17, 15) is 4.79 Å². The summed E-state index contributed by atoms with van der Waals surface area (Å²) in [7, 11) is 0. The molecule has 0 atom stereocenters. The number of nitrogens with zero attached hydrogens (tertiary/aromatic N) is 1. The molecule has 0 saturated carbocycles. The largest absolute Gasteiger partial charge is 0.478 e. The van der Waals surface area contributed by atoms with Crippen LogP contribution in [0.5, 0.6) is 0 Å². The molecule has 0 radical (unpaired) electrons. The highest BCUT2D eigenvalue weighted by Crippen LogP contribution is 2.31. The first-order valence-electron chi connectivity index (χ1n) is 5.64. The van der Waals surface area contributed by atoms with Gasteiger partial charge in [-0.15, -0.1) is 11.3 Å². The normalized spacial score (nSPS) is 10.7. The van der Waals surface area contributed by atoms with Gasteiger partial charge >= 0.3 is 5.97 Å². The van der Waals surface area contributed by atoms with Gasteiger partial charge in [-0.25, -0.2) is 9.78 Å². The Kier molecular flexibility index (Phi) is 2.68. The minimum absolute atomic E-state index is 0.116. The quantitative estimate of drug-likeness (QED) is 0.701. The van der Waals surface area contributed by atoms with Gasteiger partial charge in [-0.1, -0.05) is 18.2 Å². The number of carbonyl (C=O) groups is 1. The third kappa shape index (κ3) is 2.04. The Labute approximate surface area is 113 Å². The summed E-state index contributed by atoms with van der Waals surface area (Å²) in [5.41, 5.74) is 7.89. The van der Waals surface area contributed by atoms with E-state index in [1.165, 1.54) is 6.07 Å². The third-order valence-corrected chi connectivity index (χ3v) is 3.91. The second-order valence-corrected chi connectivity index (χ2v) is 5.12. The van der Waals surface area contributed by atoms with Crippen LogP contribution < -0.4 is 5.73 Å². The highest BCUT2D eigenvalue weighted by Gasteiger charge is 2.11. The smallest absolute Gasteiger partial charge is 0.337 e.